The van der Waals surface area contributed by atoms with Crippen molar-refractivity contribution in [3.05, 3.63) is 29.3 Å². The normalized spacial score (nSPS) is 15.5. The van der Waals surface area contributed by atoms with Crippen LogP contribution in [0.3, 0.4) is 0 Å². The van der Waals surface area contributed by atoms with E-state index in [0.29, 0.717) is 30.2 Å². The van der Waals surface area contributed by atoms with Gasteiger partial charge in [0.05, 0.1) is 0 Å². The summed E-state index contributed by atoms with van der Waals surface area (Å²) in [6.45, 7) is 3.43. The first kappa shape index (κ1) is 16.6. The predicted molar refractivity (Wildman–Crippen MR) is 88.1 cm³/mol. The topological polar surface area (TPSA) is 61.4 Å². The van der Waals surface area contributed by atoms with Crippen molar-refractivity contribution in [3.8, 4) is 0 Å². The summed E-state index contributed by atoms with van der Waals surface area (Å²) in [6, 6.07) is 6.87. The molecule has 0 aliphatic carbocycles. The number of hydrogen-bond donors (Lipinski definition) is 2. The molecule has 0 aromatic heterocycles. The molecule has 1 aromatic carbocycles. The van der Waals surface area contributed by atoms with E-state index >= 15 is 0 Å². The fourth-order valence-electron chi connectivity index (χ4n) is 2.53. The Morgan fingerprint density at radius 2 is 1.86 bits per heavy atom. The van der Waals surface area contributed by atoms with E-state index in [1.807, 2.05) is 11.8 Å². The zero-order valence-electron chi connectivity index (χ0n) is 12.8. The van der Waals surface area contributed by atoms with E-state index in [2.05, 4.69) is 10.6 Å². The molecule has 5 nitrogen and oxygen atoms in total. The van der Waals surface area contributed by atoms with E-state index in [1.165, 1.54) is 0 Å². The van der Waals surface area contributed by atoms with Crippen molar-refractivity contribution in [1.29, 1.82) is 0 Å². The van der Waals surface area contributed by atoms with Crippen molar-refractivity contribution in [2.45, 2.75) is 38.6 Å². The molecule has 0 spiro atoms. The molecule has 3 amide bonds. The molecule has 1 aliphatic heterocycles. The molecule has 0 atom stereocenters. The summed E-state index contributed by atoms with van der Waals surface area (Å²) in [6.07, 6.45) is 3.07. The SMILES string of the molecule is CCCC(=O)N1CCC(NC(=O)Nc2ccc(Cl)cc2)CC1. The van der Waals surface area contributed by atoms with E-state index in [0.717, 1.165) is 19.3 Å². The fraction of sp³-hybridized carbons (Fsp3) is 0.500. The number of benzene rings is 1. The maximum atomic E-state index is 11.9. The lowest BCUT2D eigenvalue weighted by atomic mass is 10.0. The van der Waals surface area contributed by atoms with Crippen LogP contribution in [-0.2, 0) is 4.79 Å². The van der Waals surface area contributed by atoms with Gasteiger partial charge in [0.2, 0.25) is 5.91 Å². The number of carbonyl (C=O) groups is 2. The Bertz CT molecular complexity index is 511. The van der Waals surface area contributed by atoms with Gasteiger partial charge in [0, 0.05) is 36.3 Å². The molecule has 2 N–H and O–H groups in total. The Morgan fingerprint density at radius 1 is 1.23 bits per heavy atom. The summed E-state index contributed by atoms with van der Waals surface area (Å²) in [5.74, 6) is 0.214. The van der Waals surface area contributed by atoms with Crippen LogP contribution in [0.2, 0.25) is 5.02 Å². The van der Waals surface area contributed by atoms with Gasteiger partial charge in [0.1, 0.15) is 0 Å². The molecule has 1 saturated heterocycles. The summed E-state index contributed by atoms with van der Waals surface area (Å²) in [5, 5.41) is 6.37. The highest BCUT2D eigenvalue weighted by Gasteiger charge is 2.23. The second-order valence-electron chi connectivity index (χ2n) is 5.51. The van der Waals surface area contributed by atoms with E-state index in [4.69, 9.17) is 11.6 Å². The van der Waals surface area contributed by atoms with E-state index in [9.17, 15) is 9.59 Å². The minimum Gasteiger partial charge on any atom is -0.343 e. The van der Waals surface area contributed by atoms with Crippen molar-refractivity contribution in [2.24, 2.45) is 0 Å². The number of hydrogen-bond acceptors (Lipinski definition) is 2. The van der Waals surface area contributed by atoms with Crippen molar-refractivity contribution >= 4 is 29.2 Å². The van der Waals surface area contributed by atoms with Crippen LogP contribution in [0.25, 0.3) is 0 Å². The van der Waals surface area contributed by atoms with Gasteiger partial charge in [0.15, 0.2) is 0 Å². The summed E-state index contributed by atoms with van der Waals surface area (Å²) < 4.78 is 0. The highest BCUT2D eigenvalue weighted by atomic mass is 35.5. The first-order valence-corrected chi connectivity index (χ1v) is 8.07. The summed E-state index contributed by atoms with van der Waals surface area (Å²) in [5.41, 5.74) is 0.706. The third-order valence-corrected chi connectivity index (χ3v) is 4.00. The lowest BCUT2D eigenvalue weighted by Crippen LogP contribution is -2.47. The number of piperidine rings is 1. The van der Waals surface area contributed by atoms with Gasteiger partial charge in [-0.1, -0.05) is 18.5 Å². The molecule has 0 unspecified atom stereocenters. The molecule has 1 fully saturated rings. The monoisotopic (exact) mass is 323 g/mol. The molecule has 0 saturated carbocycles. The van der Waals surface area contributed by atoms with Crippen molar-refractivity contribution in [2.75, 3.05) is 18.4 Å². The van der Waals surface area contributed by atoms with Crippen LogP contribution in [0, 0.1) is 0 Å². The second-order valence-corrected chi connectivity index (χ2v) is 5.95. The molecule has 120 valence electrons. The molecule has 1 aliphatic rings. The summed E-state index contributed by atoms with van der Waals surface area (Å²) in [7, 11) is 0. The maximum absolute atomic E-state index is 11.9. The number of amides is 3. The number of halogens is 1. The van der Waals surface area contributed by atoms with Gasteiger partial charge < -0.3 is 15.5 Å². The Balaban J connectivity index is 1.74. The number of likely N-dealkylation sites (tertiary alicyclic amines) is 1. The Labute approximate surface area is 136 Å². The molecule has 2 rings (SSSR count). The summed E-state index contributed by atoms with van der Waals surface area (Å²) >= 11 is 5.80. The van der Waals surface area contributed by atoms with Crippen LogP contribution >= 0.6 is 11.6 Å². The third-order valence-electron chi connectivity index (χ3n) is 3.75. The van der Waals surface area contributed by atoms with Gasteiger partial charge in [-0.2, -0.15) is 0 Å². The Hall–Kier alpha value is -1.75. The molecular weight excluding hydrogens is 302 g/mol. The lowest BCUT2D eigenvalue weighted by molar-refractivity contribution is -0.132. The highest BCUT2D eigenvalue weighted by molar-refractivity contribution is 6.30. The summed E-state index contributed by atoms with van der Waals surface area (Å²) in [4.78, 5) is 25.6. The van der Waals surface area contributed by atoms with Gasteiger partial charge in [0.25, 0.3) is 0 Å². The number of urea groups is 1. The number of nitrogens with one attached hydrogen (secondary N) is 2. The van der Waals surface area contributed by atoms with Gasteiger partial charge in [-0.25, -0.2) is 4.79 Å². The zero-order chi connectivity index (χ0) is 15.9. The standard InChI is InChI=1S/C16H22ClN3O2/c1-2-3-15(21)20-10-8-14(9-11-20)19-16(22)18-13-6-4-12(17)5-7-13/h4-7,14H,2-3,8-11H2,1H3,(H2,18,19,22). The first-order valence-electron chi connectivity index (χ1n) is 7.69. The number of nitrogens with zero attached hydrogens (tertiary/aromatic N) is 1. The molecule has 1 aromatic rings. The largest absolute Gasteiger partial charge is 0.343 e. The minimum absolute atomic E-state index is 0.109. The fourth-order valence-corrected chi connectivity index (χ4v) is 2.66. The second kappa shape index (κ2) is 8.03. The molecule has 6 heteroatoms. The highest BCUT2D eigenvalue weighted by Crippen LogP contribution is 2.15. The Kier molecular flexibility index (Phi) is 6.07. The maximum Gasteiger partial charge on any atom is 0.319 e. The zero-order valence-corrected chi connectivity index (χ0v) is 13.5. The van der Waals surface area contributed by atoms with Gasteiger partial charge in [-0.05, 0) is 43.5 Å². The van der Waals surface area contributed by atoms with E-state index in [1.54, 1.807) is 24.3 Å². The van der Waals surface area contributed by atoms with Crippen molar-refractivity contribution in [1.82, 2.24) is 10.2 Å². The van der Waals surface area contributed by atoms with Crippen LogP contribution in [0.5, 0.6) is 0 Å². The van der Waals surface area contributed by atoms with Crippen LogP contribution in [0.15, 0.2) is 24.3 Å². The van der Waals surface area contributed by atoms with E-state index in [-0.39, 0.29) is 18.0 Å². The quantitative estimate of drug-likeness (QED) is 0.893. The third kappa shape index (κ3) is 4.91. The molecule has 0 bridgehead atoms. The number of carbonyl (C=O) groups excluding carboxylic acids is 2. The van der Waals surface area contributed by atoms with Gasteiger partial charge >= 0.3 is 6.03 Å². The Morgan fingerprint density at radius 3 is 2.45 bits per heavy atom. The van der Waals surface area contributed by atoms with Crippen molar-refractivity contribution in [3.63, 3.8) is 0 Å². The molecular formula is C16H22ClN3O2. The minimum atomic E-state index is -0.222. The number of anilines is 1. The van der Waals surface area contributed by atoms with Crippen LogP contribution in [0.4, 0.5) is 10.5 Å². The molecule has 1 heterocycles. The first-order chi connectivity index (χ1) is 10.6. The average molecular weight is 324 g/mol. The number of rotatable bonds is 4. The van der Waals surface area contributed by atoms with Crippen LogP contribution in [0.1, 0.15) is 32.6 Å². The average Bonchev–Trinajstić information content (AvgIpc) is 2.50. The van der Waals surface area contributed by atoms with Crippen molar-refractivity contribution < 1.29 is 9.59 Å². The van der Waals surface area contributed by atoms with E-state index < -0.39 is 0 Å². The van der Waals surface area contributed by atoms with Crippen LogP contribution in [-0.4, -0.2) is 36.0 Å². The van der Waals surface area contributed by atoms with Crippen LogP contribution < -0.4 is 10.6 Å². The predicted octanol–water partition coefficient (Wildman–Crippen LogP) is 3.25. The molecule has 22 heavy (non-hydrogen) atoms. The van der Waals surface area contributed by atoms with Gasteiger partial charge in [-0.15, -0.1) is 0 Å². The lowest BCUT2D eigenvalue weighted by Gasteiger charge is -2.32. The smallest absolute Gasteiger partial charge is 0.319 e. The van der Waals surface area contributed by atoms with Gasteiger partial charge in [-0.3, -0.25) is 4.79 Å². The molecule has 0 radical (unpaired) electrons.